The van der Waals surface area contributed by atoms with E-state index in [-0.39, 0.29) is 18.0 Å². The van der Waals surface area contributed by atoms with Gasteiger partial charge in [0.05, 0.1) is 5.69 Å². The van der Waals surface area contributed by atoms with Crippen molar-refractivity contribution in [3.63, 3.8) is 0 Å². The molecule has 0 saturated heterocycles. The summed E-state index contributed by atoms with van der Waals surface area (Å²) in [5.74, 6) is -0.645. The normalized spacial score (nSPS) is 10.7. The Morgan fingerprint density at radius 3 is 2.65 bits per heavy atom. The van der Waals surface area contributed by atoms with E-state index in [0.717, 1.165) is 23.5 Å². The fourth-order valence-corrected chi connectivity index (χ4v) is 3.17. The van der Waals surface area contributed by atoms with Crippen molar-refractivity contribution < 1.29 is 13.6 Å². The molecule has 3 rings (SSSR count). The van der Waals surface area contributed by atoms with Crippen LogP contribution in [0.4, 0.5) is 14.5 Å². The van der Waals surface area contributed by atoms with Gasteiger partial charge in [0.25, 0.3) is 0 Å². The van der Waals surface area contributed by atoms with Gasteiger partial charge < -0.3 is 9.88 Å². The average molecular weight is 374 g/mol. The van der Waals surface area contributed by atoms with Gasteiger partial charge in [-0.2, -0.15) is 0 Å². The van der Waals surface area contributed by atoms with Crippen LogP contribution in [0.3, 0.4) is 0 Å². The summed E-state index contributed by atoms with van der Waals surface area (Å²) in [5.41, 5.74) is 0.922. The van der Waals surface area contributed by atoms with Crippen molar-refractivity contribution in [2.24, 2.45) is 7.05 Å². The van der Waals surface area contributed by atoms with Crippen LogP contribution in [0.2, 0.25) is 0 Å². The zero-order valence-electron chi connectivity index (χ0n) is 13.9. The monoisotopic (exact) mass is 374 g/mol. The first-order valence-electron chi connectivity index (χ1n) is 7.87. The molecule has 1 N–H and O–H groups in total. The third kappa shape index (κ3) is 4.26. The quantitative estimate of drug-likeness (QED) is 0.665. The van der Waals surface area contributed by atoms with Gasteiger partial charge >= 0.3 is 0 Å². The number of anilines is 1. The molecule has 0 aliphatic heterocycles. The van der Waals surface area contributed by atoms with Gasteiger partial charge in [0, 0.05) is 30.9 Å². The molecule has 5 nitrogen and oxygen atoms in total. The highest BCUT2D eigenvalue weighted by Gasteiger charge is 2.12. The Morgan fingerprint density at radius 1 is 1.15 bits per heavy atom. The number of benzene rings is 2. The Balaban J connectivity index is 1.55. The second-order valence-corrected chi connectivity index (χ2v) is 6.56. The van der Waals surface area contributed by atoms with Crippen molar-refractivity contribution in [1.82, 2.24) is 14.8 Å². The van der Waals surface area contributed by atoms with Gasteiger partial charge in [-0.3, -0.25) is 4.79 Å². The van der Waals surface area contributed by atoms with Gasteiger partial charge in [-0.25, -0.2) is 8.78 Å². The summed E-state index contributed by atoms with van der Waals surface area (Å²) in [7, 11) is 1.86. The third-order valence-corrected chi connectivity index (χ3v) is 4.65. The van der Waals surface area contributed by atoms with E-state index in [1.165, 1.54) is 17.8 Å². The van der Waals surface area contributed by atoms with Crippen molar-refractivity contribution in [2.45, 2.75) is 11.6 Å². The van der Waals surface area contributed by atoms with E-state index in [1.807, 2.05) is 41.9 Å². The van der Waals surface area contributed by atoms with Crippen LogP contribution in [0, 0.1) is 11.6 Å². The Morgan fingerprint density at radius 2 is 1.92 bits per heavy atom. The molecule has 1 heterocycles. The summed E-state index contributed by atoms with van der Waals surface area (Å²) in [6.45, 7) is 0. The second kappa shape index (κ2) is 8.09. The van der Waals surface area contributed by atoms with Crippen LogP contribution in [0.5, 0.6) is 0 Å². The number of hydrogen-bond acceptors (Lipinski definition) is 4. The molecule has 0 bridgehead atoms. The number of rotatable bonds is 6. The SMILES string of the molecule is Cn1c(SCCC(=O)Nc2ccc(F)cc2F)nnc1-c1ccccc1. The standard InChI is InChI=1S/C18H16F2N4OS/c1-24-17(12-5-3-2-4-6-12)22-23-18(24)26-10-9-16(25)21-15-8-7-13(19)11-14(15)20/h2-8,11H,9-10H2,1H3,(H,21,25). The first kappa shape index (κ1) is 18.1. The number of hydrogen-bond donors (Lipinski definition) is 1. The van der Waals surface area contributed by atoms with Crippen molar-refractivity contribution in [2.75, 3.05) is 11.1 Å². The third-order valence-electron chi connectivity index (χ3n) is 3.63. The highest BCUT2D eigenvalue weighted by Crippen LogP contribution is 2.23. The molecule has 2 aromatic carbocycles. The van der Waals surface area contributed by atoms with E-state index >= 15 is 0 Å². The van der Waals surface area contributed by atoms with Crippen molar-refractivity contribution in [3.05, 3.63) is 60.2 Å². The van der Waals surface area contributed by atoms with Crippen LogP contribution in [-0.2, 0) is 11.8 Å². The summed E-state index contributed by atoms with van der Waals surface area (Å²) in [5, 5.41) is 11.4. The number of carbonyl (C=O) groups is 1. The van der Waals surface area contributed by atoms with Crippen LogP contribution >= 0.6 is 11.8 Å². The molecule has 0 saturated carbocycles. The number of carbonyl (C=O) groups excluding carboxylic acids is 1. The Labute approximate surface area is 153 Å². The van der Waals surface area contributed by atoms with Crippen molar-refractivity contribution >= 4 is 23.4 Å². The lowest BCUT2D eigenvalue weighted by atomic mass is 10.2. The summed E-state index contributed by atoms with van der Waals surface area (Å²) < 4.78 is 28.3. The maximum absolute atomic E-state index is 13.5. The molecule has 134 valence electrons. The first-order valence-corrected chi connectivity index (χ1v) is 8.85. The van der Waals surface area contributed by atoms with Gasteiger partial charge in [-0.1, -0.05) is 42.1 Å². The topological polar surface area (TPSA) is 59.8 Å². The maximum atomic E-state index is 13.5. The molecule has 0 aliphatic carbocycles. The second-order valence-electron chi connectivity index (χ2n) is 5.50. The van der Waals surface area contributed by atoms with Gasteiger partial charge in [-0.05, 0) is 12.1 Å². The van der Waals surface area contributed by atoms with Crippen LogP contribution in [0.15, 0.2) is 53.7 Å². The van der Waals surface area contributed by atoms with Gasteiger partial charge in [0.1, 0.15) is 11.6 Å². The highest BCUT2D eigenvalue weighted by atomic mass is 32.2. The summed E-state index contributed by atoms with van der Waals surface area (Å²) in [6, 6.07) is 12.7. The molecule has 3 aromatic rings. The van der Waals surface area contributed by atoms with E-state index in [0.29, 0.717) is 10.9 Å². The number of nitrogens with zero attached hydrogens (tertiary/aromatic N) is 3. The fraction of sp³-hybridized carbons (Fsp3) is 0.167. The summed E-state index contributed by atoms with van der Waals surface area (Å²) in [6.07, 6.45) is 0.162. The lowest BCUT2D eigenvalue weighted by Crippen LogP contribution is -2.13. The molecule has 0 spiro atoms. The molecule has 0 fully saturated rings. The molecule has 1 amide bonds. The number of amides is 1. The minimum Gasteiger partial charge on any atom is -0.324 e. The van der Waals surface area contributed by atoms with E-state index in [9.17, 15) is 13.6 Å². The van der Waals surface area contributed by atoms with Gasteiger partial charge in [0.2, 0.25) is 5.91 Å². The Kier molecular flexibility index (Phi) is 5.62. The van der Waals surface area contributed by atoms with E-state index in [2.05, 4.69) is 15.5 Å². The Hall–Kier alpha value is -2.74. The van der Waals surface area contributed by atoms with Gasteiger partial charge in [-0.15, -0.1) is 10.2 Å². The minimum atomic E-state index is -0.799. The molecular weight excluding hydrogens is 358 g/mol. The smallest absolute Gasteiger partial charge is 0.225 e. The fourth-order valence-electron chi connectivity index (χ4n) is 2.32. The molecule has 26 heavy (non-hydrogen) atoms. The average Bonchev–Trinajstić information content (AvgIpc) is 2.99. The molecular formula is C18H16F2N4OS. The van der Waals surface area contributed by atoms with E-state index in [4.69, 9.17) is 0 Å². The minimum absolute atomic E-state index is 0.0357. The van der Waals surface area contributed by atoms with Crippen LogP contribution < -0.4 is 5.32 Å². The van der Waals surface area contributed by atoms with E-state index < -0.39 is 11.6 Å². The van der Waals surface area contributed by atoms with E-state index in [1.54, 1.807) is 0 Å². The number of nitrogens with one attached hydrogen (secondary N) is 1. The predicted octanol–water partition coefficient (Wildman–Crippen LogP) is 3.88. The molecule has 0 unspecified atom stereocenters. The first-order chi connectivity index (χ1) is 12.5. The lowest BCUT2D eigenvalue weighted by molar-refractivity contribution is -0.115. The van der Waals surface area contributed by atoms with Crippen molar-refractivity contribution in [3.8, 4) is 11.4 Å². The zero-order valence-corrected chi connectivity index (χ0v) is 14.8. The largest absolute Gasteiger partial charge is 0.324 e. The van der Waals surface area contributed by atoms with Crippen LogP contribution in [0.1, 0.15) is 6.42 Å². The molecule has 1 aromatic heterocycles. The lowest BCUT2D eigenvalue weighted by Gasteiger charge is -2.06. The van der Waals surface area contributed by atoms with Gasteiger partial charge in [0.15, 0.2) is 11.0 Å². The zero-order chi connectivity index (χ0) is 18.5. The van der Waals surface area contributed by atoms with Crippen LogP contribution in [0.25, 0.3) is 11.4 Å². The number of aromatic nitrogens is 3. The predicted molar refractivity (Wildman–Crippen MR) is 96.8 cm³/mol. The number of thioether (sulfide) groups is 1. The summed E-state index contributed by atoms with van der Waals surface area (Å²) >= 11 is 1.38. The van der Waals surface area contributed by atoms with Crippen LogP contribution in [-0.4, -0.2) is 26.4 Å². The molecule has 0 radical (unpaired) electrons. The van der Waals surface area contributed by atoms with Crippen molar-refractivity contribution in [1.29, 1.82) is 0 Å². The molecule has 0 atom stereocenters. The maximum Gasteiger partial charge on any atom is 0.225 e. The molecule has 0 aliphatic rings. The molecule has 8 heteroatoms. The number of halogens is 2. The Bertz CT molecular complexity index is 915. The highest BCUT2D eigenvalue weighted by molar-refractivity contribution is 7.99. The summed E-state index contributed by atoms with van der Waals surface area (Å²) in [4.78, 5) is 11.9.